The number of epoxide rings is 1. The molecule has 4 heteroatoms. The van der Waals surface area contributed by atoms with Crippen LogP contribution in [-0.2, 0) is 14.3 Å². The molecule has 2 atom stereocenters. The van der Waals surface area contributed by atoms with Crippen LogP contribution in [0.3, 0.4) is 0 Å². The number of ether oxygens (including phenoxy) is 1. The zero-order chi connectivity index (χ0) is 10.4. The van der Waals surface area contributed by atoms with E-state index in [1.807, 2.05) is 6.08 Å². The molecule has 0 aromatic carbocycles. The van der Waals surface area contributed by atoms with Gasteiger partial charge in [-0.3, -0.25) is 14.5 Å². The van der Waals surface area contributed by atoms with Gasteiger partial charge in [-0.1, -0.05) is 6.08 Å². The van der Waals surface area contributed by atoms with E-state index in [1.54, 1.807) is 0 Å². The Kier molecular flexibility index (Phi) is 1.92. The predicted octanol–water partition coefficient (Wildman–Crippen LogP) is 0.480. The molecule has 0 aromatic heterocycles. The Balaban J connectivity index is 1.85. The van der Waals surface area contributed by atoms with Crippen molar-refractivity contribution in [2.75, 3.05) is 13.2 Å². The van der Waals surface area contributed by atoms with Crippen LogP contribution in [0.5, 0.6) is 0 Å². The summed E-state index contributed by atoms with van der Waals surface area (Å²) in [5, 5.41) is 0. The smallest absolute Gasteiger partial charge is 0.256 e. The van der Waals surface area contributed by atoms with Gasteiger partial charge in [-0.15, -0.1) is 0 Å². The second kappa shape index (κ2) is 3.17. The summed E-state index contributed by atoms with van der Waals surface area (Å²) in [5.41, 5.74) is 0.729. The lowest BCUT2D eigenvalue weighted by molar-refractivity contribution is -0.139. The van der Waals surface area contributed by atoms with Gasteiger partial charge < -0.3 is 4.74 Å². The van der Waals surface area contributed by atoms with Gasteiger partial charge in [0.25, 0.3) is 5.91 Å². The zero-order valence-corrected chi connectivity index (χ0v) is 8.44. The number of allylic oxidation sites excluding steroid dienone is 1. The molecule has 2 saturated heterocycles. The van der Waals surface area contributed by atoms with Gasteiger partial charge in [0.15, 0.2) is 0 Å². The van der Waals surface area contributed by atoms with E-state index in [2.05, 4.69) is 0 Å². The number of likely N-dealkylation sites (tertiary alicyclic amines) is 1. The van der Waals surface area contributed by atoms with Crippen molar-refractivity contribution in [3.63, 3.8) is 0 Å². The molecule has 2 heterocycles. The van der Waals surface area contributed by atoms with Crippen molar-refractivity contribution < 1.29 is 14.3 Å². The third kappa shape index (κ3) is 1.40. The molecule has 2 fully saturated rings. The van der Waals surface area contributed by atoms with Crippen molar-refractivity contribution in [2.24, 2.45) is 5.92 Å². The summed E-state index contributed by atoms with van der Waals surface area (Å²) in [7, 11) is 0. The molecule has 2 aliphatic heterocycles. The molecule has 0 N–H and O–H groups in total. The van der Waals surface area contributed by atoms with Gasteiger partial charge in [0, 0.05) is 5.57 Å². The maximum absolute atomic E-state index is 11.9. The Hall–Kier alpha value is -1.16. The first-order valence-electron chi connectivity index (χ1n) is 5.45. The van der Waals surface area contributed by atoms with Crippen LogP contribution < -0.4 is 0 Å². The Morgan fingerprint density at radius 1 is 1.47 bits per heavy atom. The molecule has 4 nitrogen and oxygen atoms in total. The summed E-state index contributed by atoms with van der Waals surface area (Å²) >= 11 is 0. The molecule has 3 rings (SSSR count). The maximum atomic E-state index is 11.9. The zero-order valence-electron chi connectivity index (χ0n) is 8.44. The quantitative estimate of drug-likeness (QED) is 0.489. The molecular formula is C11H13NO3. The summed E-state index contributed by atoms with van der Waals surface area (Å²) in [6.07, 6.45) is 4.80. The highest BCUT2D eigenvalue weighted by Crippen LogP contribution is 2.34. The van der Waals surface area contributed by atoms with Gasteiger partial charge in [0.05, 0.1) is 25.2 Å². The average Bonchev–Trinajstić information content (AvgIpc) is 3.04. The second-order valence-corrected chi connectivity index (χ2v) is 4.35. The van der Waals surface area contributed by atoms with Gasteiger partial charge in [0.1, 0.15) is 0 Å². The van der Waals surface area contributed by atoms with Crippen molar-refractivity contribution in [3.8, 4) is 0 Å². The van der Waals surface area contributed by atoms with E-state index in [0.29, 0.717) is 13.2 Å². The monoisotopic (exact) mass is 207 g/mol. The third-order valence-electron chi connectivity index (χ3n) is 3.28. The van der Waals surface area contributed by atoms with Crippen molar-refractivity contribution in [1.82, 2.24) is 4.90 Å². The number of hydrogen-bond acceptors (Lipinski definition) is 3. The van der Waals surface area contributed by atoms with Crippen molar-refractivity contribution in [1.29, 1.82) is 0 Å². The van der Waals surface area contributed by atoms with E-state index >= 15 is 0 Å². The molecule has 0 bridgehead atoms. The van der Waals surface area contributed by atoms with Crippen LogP contribution in [0.2, 0.25) is 0 Å². The standard InChI is InChI=1S/C11H13NO3/c13-10-8-3-1-2-4-9(8)11(14)12(10)5-7-6-15-7/h3,7,9H,1-2,4-6H2. The lowest BCUT2D eigenvalue weighted by Gasteiger charge is -2.13. The third-order valence-corrected chi connectivity index (χ3v) is 3.28. The van der Waals surface area contributed by atoms with Crippen LogP contribution in [-0.4, -0.2) is 36.0 Å². The van der Waals surface area contributed by atoms with Crippen LogP contribution in [0.4, 0.5) is 0 Å². The molecule has 80 valence electrons. The van der Waals surface area contributed by atoms with Gasteiger partial charge in [-0.05, 0) is 19.3 Å². The number of carbonyl (C=O) groups is 2. The first-order chi connectivity index (χ1) is 7.27. The Morgan fingerprint density at radius 3 is 2.93 bits per heavy atom. The molecule has 0 saturated carbocycles. The number of carbonyl (C=O) groups excluding carboxylic acids is 2. The molecule has 2 unspecified atom stereocenters. The lowest BCUT2D eigenvalue weighted by Crippen LogP contribution is -2.34. The minimum absolute atomic E-state index is 0.0125. The Labute approximate surface area is 87.9 Å². The van der Waals surface area contributed by atoms with Crippen molar-refractivity contribution in [2.45, 2.75) is 25.4 Å². The van der Waals surface area contributed by atoms with Crippen LogP contribution in [0.25, 0.3) is 0 Å². The summed E-state index contributed by atoms with van der Waals surface area (Å²) in [6, 6.07) is 0. The minimum atomic E-state index is -0.148. The molecule has 0 spiro atoms. The summed E-state index contributed by atoms with van der Waals surface area (Å²) < 4.78 is 5.05. The van der Waals surface area contributed by atoms with E-state index < -0.39 is 0 Å². The van der Waals surface area contributed by atoms with Crippen molar-refractivity contribution in [3.05, 3.63) is 11.6 Å². The lowest BCUT2D eigenvalue weighted by atomic mass is 9.90. The van der Waals surface area contributed by atoms with Gasteiger partial charge in [-0.2, -0.15) is 0 Å². The number of imide groups is 1. The van der Waals surface area contributed by atoms with E-state index in [4.69, 9.17) is 4.74 Å². The second-order valence-electron chi connectivity index (χ2n) is 4.35. The first-order valence-corrected chi connectivity index (χ1v) is 5.45. The van der Waals surface area contributed by atoms with Gasteiger partial charge >= 0.3 is 0 Å². The highest BCUT2D eigenvalue weighted by Gasteiger charge is 2.45. The maximum Gasteiger partial charge on any atom is 0.256 e. The molecule has 1 aliphatic carbocycles. The van der Waals surface area contributed by atoms with E-state index in [0.717, 1.165) is 24.8 Å². The molecule has 0 aromatic rings. The number of fused-ring (bicyclic) bond motifs is 1. The molecular weight excluding hydrogens is 194 g/mol. The fourth-order valence-electron chi connectivity index (χ4n) is 2.36. The highest BCUT2D eigenvalue weighted by atomic mass is 16.6. The molecule has 15 heavy (non-hydrogen) atoms. The molecule has 0 radical (unpaired) electrons. The van der Waals surface area contributed by atoms with Crippen LogP contribution in [0, 0.1) is 5.92 Å². The average molecular weight is 207 g/mol. The first kappa shape index (κ1) is 9.09. The fraction of sp³-hybridized carbons (Fsp3) is 0.636. The van der Waals surface area contributed by atoms with Crippen LogP contribution in [0.1, 0.15) is 19.3 Å². The minimum Gasteiger partial charge on any atom is -0.371 e. The highest BCUT2D eigenvalue weighted by molar-refractivity contribution is 6.15. The number of rotatable bonds is 2. The molecule has 2 amide bonds. The summed E-state index contributed by atoms with van der Waals surface area (Å²) in [5.74, 6) is -0.244. The fourth-order valence-corrected chi connectivity index (χ4v) is 2.36. The number of nitrogens with zero attached hydrogens (tertiary/aromatic N) is 1. The van der Waals surface area contributed by atoms with E-state index in [-0.39, 0.29) is 23.8 Å². The summed E-state index contributed by atoms with van der Waals surface area (Å²) in [4.78, 5) is 25.2. The molecule has 3 aliphatic rings. The number of amides is 2. The van der Waals surface area contributed by atoms with Crippen LogP contribution in [0.15, 0.2) is 11.6 Å². The normalized spacial score (nSPS) is 34.1. The summed E-state index contributed by atoms with van der Waals surface area (Å²) in [6.45, 7) is 1.13. The largest absolute Gasteiger partial charge is 0.371 e. The van der Waals surface area contributed by atoms with E-state index in [9.17, 15) is 9.59 Å². The van der Waals surface area contributed by atoms with E-state index in [1.165, 1.54) is 4.90 Å². The predicted molar refractivity (Wildman–Crippen MR) is 51.9 cm³/mol. The van der Waals surface area contributed by atoms with Crippen molar-refractivity contribution >= 4 is 11.8 Å². The van der Waals surface area contributed by atoms with Gasteiger partial charge in [-0.25, -0.2) is 0 Å². The SMILES string of the molecule is O=C1C2=CCCCC2C(=O)N1CC1CO1. The number of hydrogen-bond donors (Lipinski definition) is 0. The Bertz CT molecular complexity index is 357. The van der Waals surface area contributed by atoms with Gasteiger partial charge in [0.2, 0.25) is 5.91 Å². The topological polar surface area (TPSA) is 49.9 Å². The van der Waals surface area contributed by atoms with Crippen LogP contribution >= 0.6 is 0 Å². The Morgan fingerprint density at radius 2 is 2.27 bits per heavy atom.